The molecule has 3 unspecified atom stereocenters. The zero-order valence-corrected chi connectivity index (χ0v) is 38.8. The Balaban J connectivity index is 4.50. The van der Waals surface area contributed by atoms with Gasteiger partial charge in [0.05, 0.1) is 25.2 Å². The van der Waals surface area contributed by atoms with Crippen molar-refractivity contribution in [1.82, 2.24) is 5.32 Å². The van der Waals surface area contributed by atoms with Gasteiger partial charge in [0, 0.05) is 6.42 Å². The Morgan fingerprint density at radius 3 is 1.07 bits per heavy atom. The predicted molar refractivity (Wildman–Crippen MR) is 246 cm³/mol. The van der Waals surface area contributed by atoms with Crippen LogP contribution in [0.3, 0.4) is 0 Å². The first-order valence-electron chi connectivity index (χ1n) is 25.8. The number of aliphatic hydroxyl groups is 2. The molecule has 0 aromatic rings. The summed E-state index contributed by atoms with van der Waals surface area (Å²) in [4.78, 5) is 26.1. The lowest BCUT2D eigenvalue weighted by Crippen LogP contribution is -2.46. The molecule has 0 saturated carbocycles. The second kappa shape index (κ2) is 45.9. The van der Waals surface area contributed by atoms with E-state index >= 15 is 0 Å². The second-order valence-electron chi connectivity index (χ2n) is 17.9. The van der Waals surface area contributed by atoms with Crippen LogP contribution in [0.5, 0.6) is 0 Å². The van der Waals surface area contributed by atoms with Crippen molar-refractivity contribution in [3.63, 3.8) is 0 Å². The summed E-state index contributed by atoms with van der Waals surface area (Å²) in [6, 6.07) is -0.691. The van der Waals surface area contributed by atoms with Gasteiger partial charge in [0.15, 0.2) is 0 Å². The Bertz CT molecular complexity index is 821. The fourth-order valence-corrected chi connectivity index (χ4v) is 8.26. The van der Waals surface area contributed by atoms with Gasteiger partial charge < -0.3 is 20.3 Å². The Morgan fingerprint density at radius 1 is 0.439 bits per heavy atom. The molecule has 0 radical (unpaired) electrons. The fourth-order valence-electron chi connectivity index (χ4n) is 8.26. The minimum absolute atomic E-state index is 0.0876. The number of ether oxygens (including phenoxy) is 1. The maximum absolute atomic E-state index is 13.2. The average molecular weight is 808 g/mol. The number of carbonyl (C=O) groups excluding carboxylic acids is 2. The highest BCUT2D eigenvalue weighted by atomic mass is 16.5. The van der Waals surface area contributed by atoms with Crippen molar-refractivity contribution < 1.29 is 24.5 Å². The topological polar surface area (TPSA) is 95.9 Å². The Morgan fingerprint density at radius 2 is 0.737 bits per heavy atom. The number of hydrogen-bond acceptors (Lipinski definition) is 5. The van der Waals surface area contributed by atoms with Crippen molar-refractivity contribution >= 4 is 11.9 Å². The number of esters is 1. The lowest BCUT2D eigenvalue weighted by molar-refractivity contribution is -0.151. The van der Waals surface area contributed by atoms with Crippen LogP contribution in [0.4, 0.5) is 0 Å². The predicted octanol–water partition coefficient (Wildman–Crippen LogP) is 15.2. The summed E-state index contributed by atoms with van der Waals surface area (Å²) < 4.78 is 5.93. The molecule has 6 heteroatoms. The molecule has 6 nitrogen and oxygen atoms in total. The number of amides is 1. The molecule has 57 heavy (non-hydrogen) atoms. The van der Waals surface area contributed by atoms with Gasteiger partial charge in [0.2, 0.25) is 5.91 Å². The van der Waals surface area contributed by atoms with Gasteiger partial charge >= 0.3 is 5.97 Å². The molecule has 0 spiro atoms. The minimum Gasteiger partial charge on any atom is -0.462 e. The van der Waals surface area contributed by atoms with Gasteiger partial charge in [0.1, 0.15) is 6.10 Å². The van der Waals surface area contributed by atoms with Crippen molar-refractivity contribution in [2.45, 2.75) is 309 Å². The van der Waals surface area contributed by atoms with Crippen molar-refractivity contribution in [2.24, 2.45) is 0 Å². The Kier molecular flexibility index (Phi) is 45.0. The highest BCUT2D eigenvalue weighted by Crippen LogP contribution is 2.19. The minimum atomic E-state index is -0.778. The molecule has 0 aromatic heterocycles. The second-order valence-corrected chi connectivity index (χ2v) is 17.9. The molecule has 0 saturated heterocycles. The molecule has 0 bridgehead atoms. The van der Waals surface area contributed by atoms with Crippen LogP contribution in [-0.2, 0) is 14.3 Å². The molecule has 1 amide bonds. The van der Waals surface area contributed by atoms with Crippen LogP contribution in [0.15, 0.2) is 0 Å². The number of unbranched alkanes of at least 4 members (excludes halogenated alkanes) is 35. The average Bonchev–Trinajstić information content (AvgIpc) is 3.20. The molecule has 0 aliphatic rings. The standard InChI is InChI=1S/C51H101NO5/c1-4-7-10-13-16-19-22-25-28-31-34-37-40-43-49(54)48(46-53)52-50(55)45-47(42-39-36-33-30-27-24-21-18-15-12-9-6-3)57-51(56)44-41-38-35-32-29-26-23-20-17-14-11-8-5-2/h47-49,53-54H,4-46H2,1-3H3,(H,52,55). The van der Waals surface area contributed by atoms with Crippen LogP contribution >= 0.6 is 0 Å². The van der Waals surface area contributed by atoms with Crippen LogP contribution in [0.25, 0.3) is 0 Å². The van der Waals surface area contributed by atoms with Gasteiger partial charge in [0.25, 0.3) is 0 Å². The molecule has 3 atom stereocenters. The molecule has 0 aromatic carbocycles. The van der Waals surface area contributed by atoms with Crippen LogP contribution < -0.4 is 5.32 Å². The molecule has 3 N–H and O–H groups in total. The molecular weight excluding hydrogens is 707 g/mol. The summed E-state index contributed by atoms with van der Waals surface area (Å²) in [7, 11) is 0. The summed E-state index contributed by atoms with van der Waals surface area (Å²) in [5.74, 6) is -0.452. The summed E-state index contributed by atoms with van der Waals surface area (Å²) >= 11 is 0. The van der Waals surface area contributed by atoms with Gasteiger partial charge in [-0.15, -0.1) is 0 Å². The first-order chi connectivity index (χ1) is 28.0. The van der Waals surface area contributed by atoms with Crippen LogP contribution in [0, 0.1) is 0 Å². The van der Waals surface area contributed by atoms with Crippen molar-refractivity contribution in [3.05, 3.63) is 0 Å². The highest BCUT2D eigenvalue weighted by molar-refractivity contribution is 5.77. The van der Waals surface area contributed by atoms with Gasteiger partial charge in [-0.3, -0.25) is 9.59 Å². The summed E-state index contributed by atoms with van der Waals surface area (Å²) in [5.41, 5.74) is 0. The fraction of sp³-hybridized carbons (Fsp3) is 0.961. The number of nitrogens with one attached hydrogen (secondary N) is 1. The SMILES string of the molecule is CCCCCCCCCCCCCCCC(=O)OC(CCCCCCCCCCCCCC)CC(=O)NC(CO)C(O)CCCCCCCCCCCCCCC. The number of carbonyl (C=O) groups is 2. The van der Waals surface area contributed by atoms with E-state index in [4.69, 9.17) is 4.74 Å². The first-order valence-corrected chi connectivity index (χ1v) is 25.8. The molecule has 0 rings (SSSR count). The third-order valence-corrected chi connectivity index (χ3v) is 12.2. The number of aliphatic hydroxyl groups excluding tert-OH is 2. The molecule has 0 aliphatic heterocycles. The highest BCUT2D eigenvalue weighted by Gasteiger charge is 2.24. The molecule has 0 aliphatic carbocycles. The third kappa shape index (κ3) is 41.4. The normalized spacial score (nSPS) is 13.1. The molecule has 0 fully saturated rings. The van der Waals surface area contributed by atoms with E-state index in [2.05, 4.69) is 26.1 Å². The van der Waals surface area contributed by atoms with Crippen LogP contribution in [-0.4, -0.2) is 46.9 Å². The Hall–Kier alpha value is -1.14. The van der Waals surface area contributed by atoms with Gasteiger partial charge in [-0.25, -0.2) is 0 Å². The zero-order chi connectivity index (χ0) is 41.7. The van der Waals surface area contributed by atoms with E-state index in [1.54, 1.807) is 0 Å². The van der Waals surface area contributed by atoms with E-state index in [0.717, 1.165) is 38.5 Å². The van der Waals surface area contributed by atoms with Crippen LogP contribution in [0.2, 0.25) is 0 Å². The summed E-state index contributed by atoms with van der Waals surface area (Å²) in [6.45, 7) is 6.50. The first kappa shape index (κ1) is 55.9. The van der Waals surface area contributed by atoms with E-state index in [-0.39, 0.29) is 24.9 Å². The maximum atomic E-state index is 13.2. The molecule has 340 valence electrons. The van der Waals surface area contributed by atoms with E-state index < -0.39 is 18.2 Å². The van der Waals surface area contributed by atoms with E-state index in [0.29, 0.717) is 19.3 Å². The van der Waals surface area contributed by atoms with Gasteiger partial charge in [-0.1, -0.05) is 252 Å². The third-order valence-electron chi connectivity index (χ3n) is 12.2. The maximum Gasteiger partial charge on any atom is 0.306 e. The summed E-state index contributed by atoms with van der Waals surface area (Å²) in [5, 5.41) is 23.8. The quantitative estimate of drug-likeness (QED) is 0.0420. The number of rotatable bonds is 47. The van der Waals surface area contributed by atoms with E-state index in [1.165, 1.54) is 205 Å². The number of hydrogen-bond donors (Lipinski definition) is 3. The Labute approximate surface area is 356 Å². The van der Waals surface area contributed by atoms with Crippen LogP contribution in [0.1, 0.15) is 290 Å². The summed E-state index contributed by atoms with van der Waals surface area (Å²) in [6.07, 6.45) is 48.7. The zero-order valence-electron chi connectivity index (χ0n) is 38.8. The smallest absolute Gasteiger partial charge is 0.306 e. The van der Waals surface area contributed by atoms with E-state index in [1.807, 2.05) is 0 Å². The van der Waals surface area contributed by atoms with Crippen molar-refractivity contribution in [2.75, 3.05) is 6.61 Å². The largest absolute Gasteiger partial charge is 0.462 e. The van der Waals surface area contributed by atoms with Gasteiger partial charge in [-0.2, -0.15) is 0 Å². The van der Waals surface area contributed by atoms with Crippen molar-refractivity contribution in [3.8, 4) is 0 Å². The van der Waals surface area contributed by atoms with Gasteiger partial charge in [-0.05, 0) is 25.7 Å². The molecular formula is C51H101NO5. The monoisotopic (exact) mass is 808 g/mol. The lowest BCUT2D eigenvalue weighted by Gasteiger charge is -2.24. The molecule has 0 heterocycles. The lowest BCUT2D eigenvalue weighted by atomic mass is 10.0. The van der Waals surface area contributed by atoms with E-state index in [9.17, 15) is 19.8 Å². The van der Waals surface area contributed by atoms with Crippen molar-refractivity contribution in [1.29, 1.82) is 0 Å².